The first kappa shape index (κ1) is 24.8. The number of hydrogen-bond acceptors (Lipinski definition) is 4. The highest BCUT2D eigenvalue weighted by molar-refractivity contribution is 5.86. The molecule has 1 N–H and O–H groups in total. The van der Waals surface area contributed by atoms with Gasteiger partial charge in [0.2, 0.25) is 0 Å². The quantitative estimate of drug-likeness (QED) is 0.202. The summed E-state index contributed by atoms with van der Waals surface area (Å²) in [6, 6.07) is 0. The molecule has 2 aliphatic heterocycles. The van der Waals surface area contributed by atoms with Crippen LogP contribution in [0, 0.1) is 11.8 Å². The Balaban J connectivity index is 1.87. The lowest BCUT2D eigenvalue weighted by atomic mass is 9.94. The Labute approximate surface area is 182 Å². The highest BCUT2D eigenvalue weighted by atomic mass is 16.7. The summed E-state index contributed by atoms with van der Waals surface area (Å²) in [4.78, 5) is 17.8. The fraction of sp³-hybridized carbons (Fsp3) is 0.720. The summed E-state index contributed by atoms with van der Waals surface area (Å²) in [5.74, 6) is 0.491. The van der Waals surface area contributed by atoms with Crippen molar-refractivity contribution in [2.75, 3.05) is 13.2 Å². The highest BCUT2D eigenvalue weighted by Crippen LogP contribution is 2.39. The Morgan fingerprint density at radius 1 is 1.30 bits per heavy atom. The number of carbonyl (C=O) groups is 1. The predicted molar refractivity (Wildman–Crippen MR) is 121 cm³/mol. The number of carbonyl (C=O) groups excluding carboxylic acids is 1. The SMILES string of the molecule is CCCCC(C)C(C/C=C(C)/C=C/C1CC2(CCO1)CO2)ONC(=O)/C=C\C(C)C. The van der Waals surface area contributed by atoms with Gasteiger partial charge in [-0.25, -0.2) is 5.48 Å². The Kier molecular flexibility index (Phi) is 10.3. The summed E-state index contributed by atoms with van der Waals surface area (Å²) in [5.41, 5.74) is 3.89. The molecule has 2 rings (SSSR count). The number of ether oxygens (including phenoxy) is 2. The second-order valence-corrected chi connectivity index (χ2v) is 9.22. The van der Waals surface area contributed by atoms with E-state index in [4.69, 9.17) is 14.3 Å². The van der Waals surface area contributed by atoms with Gasteiger partial charge in [0.05, 0.1) is 31.0 Å². The van der Waals surface area contributed by atoms with Gasteiger partial charge in [-0.05, 0) is 31.6 Å². The van der Waals surface area contributed by atoms with Crippen molar-refractivity contribution in [3.63, 3.8) is 0 Å². The molecular formula is C25H41NO4. The summed E-state index contributed by atoms with van der Waals surface area (Å²) in [7, 11) is 0. The minimum atomic E-state index is -0.206. The first-order chi connectivity index (χ1) is 14.3. The summed E-state index contributed by atoms with van der Waals surface area (Å²) in [6.45, 7) is 12.2. The van der Waals surface area contributed by atoms with Crippen LogP contribution < -0.4 is 5.48 Å². The average molecular weight is 420 g/mol. The maximum atomic E-state index is 12.0. The average Bonchev–Trinajstić information content (AvgIpc) is 3.46. The highest BCUT2D eigenvalue weighted by Gasteiger charge is 2.48. The van der Waals surface area contributed by atoms with Gasteiger partial charge in [-0.2, -0.15) is 0 Å². The van der Waals surface area contributed by atoms with Crippen LogP contribution in [0.15, 0.2) is 36.0 Å². The van der Waals surface area contributed by atoms with Crippen molar-refractivity contribution in [3.05, 3.63) is 36.0 Å². The lowest BCUT2D eigenvalue weighted by molar-refractivity contribution is -0.136. The van der Waals surface area contributed by atoms with E-state index >= 15 is 0 Å². The van der Waals surface area contributed by atoms with E-state index < -0.39 is 0 Å². The minimum Gasteiger partial charge on any atom is -0.374 e. The Bertz CT molecular complexity index is 619. The zero-order chi connectivity index (χ0) is 22.0. The first-order valence-electron chi connectivity index (χ1n) is 11.6. The Morgan fingerprint density at radius 3 is 2.73 bits per heavy atom. The number of allylic oxidation sites excluding steroid dienone is 3. The third kappa shape index (κ3) is 9.15. The van der Waals surface area contributed by atoms with Crippen LogP contribution in [-0.2, 0) is 19.1 Å². The fourth-order valence-corrected chi connectivity index (χ4v) is 3.60. The molecule has 0 aromatic carbocycles. The maximum absolute atomic E-state index is 12.0. The van der Waals surface area contributed by atoms with Gasteiger partial charge in [0.15, 0.2) is 0 Å². The molecule has 170 valence electrons. The van der Waals surface area contributed by atoms with E-state index in [1.54, 1.807) is 6.08 Å². The molecule has 2 heterocycles. The molecule has 5 nitrogen and oxygen atoms in total. The van der Waals surface area contributed by atoms with E-state index in [9.17, 15) is 4.79 Å². The van der Waals surface area contributed by atoms with Crippen LogP contribution in [0.3, 0.4) is 0 Å². The molecule has 30 heavy (non-hydrogen) atoms. The van der Waals surface area contributed by atoms with Crippen LogP contribution in [0.1, 0.15) is 73.1 Å². The fourth-order valence-electron chi connectivity index (χ4n) is 3.60. The van der Waals surface area contributed by atoms with Crippen molar-refractivity contribution >= 4 is 5.91 Å². The first-order valence-corrected chi connectivity index (χ1v) is 11.6. The molecule has 0 aromatic rings. The number of unbranched alkanes of at least 4 members (excludes halogenated alkanes) is 1. The summed E-state index contributed by atoms with van der Waals surface area (Å²) >= 11 is 0. The topological polar surface area (TPSA) is 60.1 Å². The lowest BCUT2D eigenvalue weighted by Gasteiger charge is -2.25. The van der Waals surface area contributed by atoms with Gasteiger partial charge in [0.25, 0.3) is 5.91 Å². The summed E-state index contributed by atoms with van der Waals surface area (Å²) < 4.78 is 11.4. The smallest absolute Gasteiger partial charge is 0.267 e. The predicted octanol–water partition coefficient (Wildman–Crippen LogP) is 5.28. The second kappa shape index (κ2) is 12.4. The van der Waals surface area contributed by atoms with Crippen molar-refractivity contribution in [3.8, 4) is 0 Å². The molecule has 4 atom stereocenters. The number of nitrogens with one attached hydrogen (secondary N) is 1. The monoisotopic (exact) mass is 419 g/mol. The summed E-state index contributed by atoms with van der Waals surface area (Å²) in [5, 5.41) is 0. The molecule has 0 aromatic heterocycles. The zero-order valence-corrected chi connectivity index (χ0v) is 19.5. The number of rotatable bonds is 12. The van der Waals surface area contributed by atoms with Gasteiger partial charge >= 0.3 is 0 Å². The summed E-state index contributed by atoms with van der Waals surface area (Å²) in [6.07, 6.45) is 16.1. The van der Waals surface area contributed by atoms with E-state index in [-0.39, 0.29) is 23.7 Å². The van der Waals surface area contributed by atoms with Crippen molar-refractivity contribution < 1.29 is 19.1 Å². The number of hydrogen-bond donors (Lipinski definition) is 1. The van der Waals surface area contributed by atoms with Gasteiger partial charge in [-0.3, -0.25) is 9.63 Å². The molecule has 2 aliphatic rings. The van der Waals surface area contributed by atoms with Gasteiger partial charge in [0, 0.05) is 18.9 Å². The second-order valence-electron chi connectivity index (χ2n) is 9.22. The van der Waals surface area contributed by atoms with E-state index in [1.807, 2.05) is 19.9 Å². The number of hydroxylamine groups is 1. The Morgan fingerprint density at radius 2 is 2.07 bits per heavy atom. The molecule has 0 bridgehead atoms. The number of epoxide rings is 1. The standard InChI is InChI=1S/C25H41NO4/c1-6-7-8-21(5)23(30-26-24(27)14-9-19(2)3)13-11-20(4)10-12-22-17-25(18-29-25)15-16-28-22/h9-12,14,19,21-23H,6-8,13,15-18H2,1-5H3,(H,26,27)/b12-10+,14-9-,20-11+. The Hall–Kier alpha value is -1.43. The molecule has 2 fully saturated rings. The normalized spacial score (nSPS) is 26.6. The zero-order valence-electron chi connectivity index (χ0n) is 19.5. The van der Waals surface area contributed by atoms with Crippen molar-refractivity contribution in [1.82, 2.24) is 5.48 Å². The van der Waals surface area contributed by atoms with Crippen molar-refractivity contribution in [1.29, 1.82) is 0 Å². The van der Waals surface area contributed by atoms with Crippen LogP contribution in [0.2, 0.25) is 0 Å². The minimum absolute atomic E-state index is 0.0506. The van der Waals surface area contributed by atoms with Crippen LogP contribution in [0.4, 0.5) is 0 Å². The molecular weight excluding hydrogens is 378 g/mol. The molecule has 1 amide bonds. The third-order valence-electron chi connectivity index (χ3n) is 5.85. The van der Waals surface area contributed by atoms with E-state index in [1.165, 1.54) is 5.57 Å². The van der Waals surface area contributed by atoms with E-state index in [2.05, 4.69) is 44.5 Å². The molecule has 0 aliphatic carbocycles. The molecule has 0 saturated carbocycles. The van der Waals surface area contributed by atoms with E-state index in [0.29, 0.717) is 11.8 Å². The van der Waals surface area contributed by atoms with Gasteiger partial charge in [-0.1, -0.05) is 70.4 Å². The van der Waals surface area contributed by atoms with Gasteiger partial charge in [-0.15, -0.1) is 0 Å². The lowest BCUT2D eigenvalue weighted by Crippen LogP contribution is -2.32. The van der Waals surface area contributed by atoms with Crippen molar-refractivity contribution in [2.45, 2.75) is 91.0 Å². The molecule has 4 unspecified atom stereocenters. The molecule has 0 radical (unpaired) electrons. The van der Waals surface area contributed by atoms with Gasteiger partial charge < -0.3 is 9.47 Å². The van der Waals surface area contributed by atoms with Crippen LogP contribution in [-0.4, -0.2) is 36.9 Å². The molecule has 5 heteroatoms. The largest absolute Gasteiger partial charge is 0.374 e. The van der Waals surface area contributed by atoms with Crippen molar-refractivity contribution in [2.24, 2.45) is 11.8 Å². The number of amides is 1. The van der Waals surface area contributed by atoms with E-state index in [0.717, 1.165) is 51.7 Å². The van der Waals surface area contributed by atoms with Crippen LogP contribution in [0.25, 0.3) is 0 Å². The molecule has 2 saturated heterocycles. The maximum Gasteiger partial charge on any atom is 0.267 e. The van der Waals surface area contributed by atoms with Crippen LogP contribution in [0.5, 0.6) is 0 Å². The van der Waals surface area contributed by atoms with Gasteiger partial charge in [0.1, 0.15) is 0 Å². The molecule has 1 spiro atoms. The van der Waals surface area contributed by atoms with Crippen LogP contribution >= 0.6 is 0 Å². The third-order valence-corrected chi connectivity index (χ3v) is 5.85.